The number of nitrogens with one attached hydrogen (secondary N) is 2. The maximum absolute atomic E-state index is 13.0. The number of halogens is 1. The van der Waals surface area contributed by atoms with E-state index < -0.39 is 6.04 Å². The minimum absolute atomic E-state index is 0.0776. The van der Waals surface area contributed by atoms with E-state index in [1.165, 1.54) is 0 Å². The third-order valence-corrected chi connectivity index (χ3v) is 5.76. The summed E-state index contributed by atoms with van der Waals surface area (Å²) in [5, 5.41) is 3.41. The Bertz CT molecular complexity index is 820. The van der Waals surface area contributed by atoms with E-state index in [0.29, 0.717) is 10.6 Å². The molecule has 5 nitrogen and oxygen atoms in total. The number of hydrogen-bond acceptors (Lipinski definition) is 2. The van der Waals surface area contributed by atoms with Crippen LogP contribution in [0, 0.1) is 0 Å². The Morgan fingerprint density at radius 3 is 2.38 bits per heavy atom. The molecule has 29 heavy (non-hydrogen) atoms. The molecule has 0 aromatic heterocycles. The number of quaternary nitrogens is 1. The zero-order valence-corrected chi connectivity index (χ0v) is 17.6. The van der Waals surface area contributed by atoms with E-state index in [1.54, 1.807) is 29.2 Å². The Balaban J connectivity index is 1.69. The molecule has 3 rings (SSSR count). The molecule has 2 aromatic carbocycles. The fraction of sp³-hybridized carbons (Fsp3) is 0.391. The molecule has 0 radical (unpaired) electrons. The van der Waals surface area contributed by atoms with Crippen molar-refractivity contribution in [1.29, 1.82) is 0 Å². The maximum atomic E-state index is 13.0. The van der Waals surface area contributed by atoms with Crippen LogP contribution in [0.25, 0.3) is 0 Å². The molecule has 1 fully saturated rings. The third-order valence-electron chi connectivity index (χ3n) is 5.43. The number of carbonyl (C=O) groups excluding carboxylic acids is 2. The van der Waals surface area contributed by atoms with Crippen LogP contribution in [0.2, 0.25) is 5.02 Å². The summed E-state index contributed by atoms with van der Waals surface area (Å²) in [6.45, 7) is 6.87. The van der Waals surface area contributed by atoms with Crippen LogP contribution in [0.4, 0.5) is 0 Å². The van der Waals surface area contributed by atoms with Gasteiger partial charge in [-0.15, -0.1) is 0 Å². The van der Waals surface area contributed by atoms with Crippen LogP contribution in [-0.4, -0.2) is 49.4 Å². The average Bonchev–Trinajstić information content (AvgIpc) is 2.75. The zero-order valence-electron chi connectivity index (χ0n) is 16.9. The first kappa shape index (κ1) is 21.3. The van der Waals surface area contributed by atoms with Gasteiger partial charge in [0.15, 0.2) is 0 Å². The van der Waals surface area contributed by atoms with Crippen LogP contribution in [0.1, 0.15) is 41.7 Å². The highest BCUT2D eigenvalue weighted by molar-refractivity contribution is 6.33. The molecule has 0 bridgehead atoms. The van der Waals surface area contributed by atoms with Gasteiger partial charge >= 0.3 is 0 Å². The molecule has 154 valence electrons. The SMILES string of the molecule is CCC[NH+]1CCN(C(=O)C[C@H](NC(=O)c2ccccc2Cl)c2ccccc2)CC1. The van der Waals surface area contributed by atoms with Gasteiger partial charge in [0.25, 0.3) is 5.91 Å². The van der Waals surface area contributed by atoms with Gasteiger partial charge in [0.1, 0.15) is 0 Å². The van der Waals surface area contributed by atoms with Gasteiger partial charge in [-0.1, -0.05) is 61.0 Å². The molecule has 2 amide bonds. The second kappa shape index (κ2) is 10.4. The lowest BCUT2D eigenvalue weighted by Gasteiger charge is -2.33. The second-order valence-electron chi connectivity index (χ2n) is 7.50. The topological polar surface area (TPSA) is 53.9 Å². The summed E-state index contributed by atoms with van der Waals surface area (Å²) in [5.41, 5.74) is 1.33. The Labute approximate surface area is 177 Å². The number of nitrogens with zero attached hydrogens (tertiary/aromatic N) is 1. The largest absolute Gasteiger partial charge is 0.345 e. The predicted molar refractivity (Wildman–Crippen MR) is 115 cm³/mol. The molecule has 1 aliphatic rings. The van der Waals surface area contributed by atoms with Gasteiger partial charge in [-0.05, 0) is 24.1 Å². The molecule has 0 unspecified atom stereocenters. The Morgan fingerprint density at radius 2 is 1.72 bits per heavy atom. The summed E-state index contributed by atoms with van der Waals surface area (Å²) in [7, 11) is 0. The highest BCUT2D eigenvalue weighted by Gasteiger charge is 2.27. The van der Waals surface area contributed by atoms with E-state index in [4.69, 9.17) is 11.6 Å². The quantitative estimate of drug-likeness (QED) is 0.730. The Kier molecular flexibility index (Phi) is 7.67. The lowest BCUT2D eigenvalue weighted by Crippen LogP contribution is -3.14. The number of piperazine rings is 1. The number of benzene rings is 2. The van der Waals surface area contributed by atoms with Crippen molar-refractivity contribution >= 4 is 23.4 Å². The fourth-order valence-corrected chi connectivity index (χ4v) is 4.02. The van der Waals surface area contributed by atoms with Crippen molar-refractivity contribution < 1.29 is 14.5 Å². The molecule has 0 aliphatic carbocycles. The van der Waals surface area contributed by atoms with E-state index in [-0.39, 0.29) is 18.2 Å². The molecule has 2 aromatic rings. The first-order valence-electron chi connectivity index (χ1n) is 10.3. The van der Waals surface area contributed by atoms with E-state index >= 15 is 0 Å². The highest BCUT2D eigenvalue weighted by Crippen LogP contribution is 2.21. The molecular formula is C23H29ClN3O2+. The molecule has 0 spiro atoms. The molecule has 6 heteroatoms. The summed E-state index contributed by atoms with van der Waals surface area (Å²) in [6, 6.07) is 16.2. The summed E-state index contributed by atoms with van der Waals surface area (Å²) in [5.74, 6) is -0.191. The summed E-state index contributed by atoms with van der Waals surface area (Å²) in [4.78, 5) is 29.3. The van der Waals surface area contributed by atoms with Gasteiger partial charge in [-0.3, -0.25) is 9.59 Å². The van der Waals surface area contributed by atoms with Crippen LogP contribution in [0.5, 0.6) is 0 Å². The summed E-state index contributed by atoms with van der Waals surface area (Å²) >= 11 is 6.18. The van der Waals surface area contributed by atoms with Crippen molar-refractivity contribution in [3.05, 3.63) is 70.7 Å². The first-order chi connectivity index (χ1) is 14.1. The van der Waals surface area contributed by atoms with Gasteiger partial charge in [0.2, 0.25) is 5.91 Å². The van der Waals surface area contributed by atoms with Crippen LogP contribution >= 0.6 is 11.6 Å². The van der Waals surface area contributed by atoms with Crippen LogP contribution in [-0.2, 0) is 4.79 Å². The smallest absolute Gasteiger partial charge is 0.253 e. The number of hydrogen-bond donors (Lipinski definition) is 2. The van der Waals surface area contributed by atoms with E-state index in [1.807, 2.05) is 35.2 Å². The minimum Gasteiger partial charge on any atom is -0.345 e. The molecule has 0 saturated carbocycles. The van der Waals surface area contributed by atoms with Crippen molar-refractivity contribution in [2.75, 3.05) is 32.7 Å². The minimum atomic E-state index is -0.395. The maximum Gasteiger partial charge on any atom is 0.253 e. The van der Waals surface area contributed by atoms with Gasteiger partial charge < -0.3 is 15.1 Å². The van der Waals surface area contributed by atoms with Gasteiger partial charge in [-0.2, -0.15) is 0 Å². The average molecular weight is 415 g/mol. The lowest BCUT2D eigenvalue weighted by atomic mass is 10.0. The number of carbonyl (C=O) groups is 2. The Morgan fingerprint density at radius 1 is 1.07 bits per heavy atom. The van der Waals surface area contributed by atoms with E-state index in [0.717, 1.165) is 44.7 Å². The lowest BCUT2D eigenvalue weighted by molar-refractivity contribution is -0.904. The van der Waals surface area contributed by atoms with E-state index in [9.17, 15) is 9.59 Å². The summed E-state index contributed by atoms with van der Waals surface area (Å²) in [6.07, 6.45) is 1.40. The molecule has 1 atom stereocenters. The standard InChI is InChI=1S/C23H28ClN3O2/c1-2-12-26-13-15-27(16-14-26)22(28)17-21(18-8-4-3-5-9-18)25-23(29)19-10-6-7-11-20(19)24/h3-11,21H,2,12-17H2,1H3,(H,25,29)/p+1/t21-/m0/s1. The van der Waals surface area contributed by atoms with E-state index in [2.05, 4.69) is 12.2 Å². The van der Waals surface area contributed by atoms with Crippen LogP contribution < -0.4 is 10.2 Å². The van der Waals surface area contributed by atoms with Crippen molar-refractivity contribution in [1.82, 2.24) is 10.2 Å². The number of amides is 2. The molecule has 1 heterocycles. The van der Waals surface area contributed by atoms with Crippen molar-refractivity contribution in [2.45, 2.75) is 25.8 Å². The molecule has 1 saturated heterocycles. The van der Waals surface area contributed by atoms with Crippen LogP contribution in [0.15, 0.2) is 54.6 Å². The monoisotopic (exact) mass is 414 g/mol. The van der Waals surface area contributed by atoms with Gasteiger partial charge in [0, 0.05) is 0 Å². The second-order valence-corrected chi connectivity index (χ2v) is 7.91. The zero-order chi connectivity index (χ0) is 20.6. The summed E-state index contributed by atoms with van der Waals surface area (Å²) < 4.78 is 0. The van der Waals surface area contributed by atoms with Gasteiger partial charge in [-0.25, -0.2) is 0 Å². The number of rotatable bonds is 7. The third kappa shape index (κ3) is 5.81. The van der Waals surface area contributed by atoms with Crippen molar-refractivity contribution in [2.24, 2.45) is 0 Å². The first-order valence-corrected chi connectivity index (χ1v) is 10.7. The van der Waals surface area contributed by atoms with Gasteiger partial charge in [0.05, 0.1) is 55.8 Å². The van der Waals surface area contributed by atoms with Crippen molar-refractivity contribution in [3.63, 3.8) is 0 Å². The predicted octanol–water partition coefficient (Wildman–Crippen LogP) is 2.34. The fourth-order valence-electron chi connectivity index (χ4n) is 3.80. The normalized spacial score (nSPS) is 15.7. The Hall–Kier alpha value is -2.37. The molecule has 1 aliphatic heterocycles. The molecular weight excluding hydrogens is 386 g/mol. The van der Waals surface area contributed by atoms with Crippen molar-refractivity contribution in [3.8, 4) is 0 Å². The van der Waals surface area contributed by atoms with Crippen LogP contribution in [0.3, 0.4) is 0 Å². The molecule has 2 N–H and O–H groups in total. The highest BCUT2D eigenvalue weighted by atomic mass is 35.5.